The molecule has 1 unspecified atom stereocenters. The molecule has 2 fully saturated rings. The second-order valence-corrected chi connectivity index (χ2v) is 6.76. The van der Waals surface area contributed by atoms with Crippen LogP contribution < -0.4 is 15.5 Å². The topological polar surface area (TPSA) is 44.4 Å². The van der Waals surface area contributed by atoms with Gasteiger partial charge < -0.3 is 15.5 Å². The normalized spacial score (nSPS) is 28.6. The highest BCUT2D eigenvalue weighted by atomic mass is 16.1. The first kappa shape index (κ1) is 15.3. The molecule has 0 aromatic heterocycles. The number of nitrogens with zero attached hydrogens (tertiary/aromatic N) is 1. The summed E-state index contributed by atoms with van der Waals surface area (Å²) in [6, 6.07) is 11.0. The average molecular weight is 301 g/mol. The third-order valence-corrected chi connectivity index (χ3v) is 4.97. The minimum Gasteiger partial charge on any atom is -0.371 e. The quantitative estimate of drug-likeness (QED) is 0.894. The van der Waals surface area contributed by atoms with Gasteiger partial charge in [-0.25, -0.2) is 0 Å². The maximum absolute atomic E-state index is 12.3. The summed E-state index contributed by atoms with van der Waals surface area (Å²) < 4.78 is 0. The maximum atomic E-state index is 12.3. The number of hydrogen-bond acceptors (Lipinski definition) is 3. The van der Waals surface area contributed by atoms with E-state index in [0.29, 0.717) is 12.0 Å². The second kappa shape index (κ2) is 7.14. The number of hydrogen-bond donors (Lipinski definition) is 2. The molecule has 2 heterocycles. The lowest BCUT2D eigenvalue weighted by atomic mass is 9.92. The van der Waals surface area contributed by atoms with E-state index in [1.165, 1.54) is 5.69 Å². The number of nitrogens with one attached hydrogen (secondary N) is 2. The summed E-state index contributed by atoms with van der Waals surface area (Å²) in [6.07, 6.45) is 3.10. The predicted molar refractivity (Wildman–Crippen MR) is 90.0 cm³/mol. The van der Waals surface area contributed by atoms with Crippen LogP contribution in [0.3, 0.4) is 0 Å². The van der Waals surface area contributed by atoms with Gasteiger partial charge in [-0.1, -0.05) is 18.2 Å². The Kier molecular flexibility index (Phi) is 4.98. The molecule has 4 heteroatoms. The molecule has 2 saturated heterocycles. The van der Waals surface area contributed by atoms with E-state index in [1.54, 1.807) is 0 Å². The Hall–Kier alpha value is -1.55. The van der Waals surface area contributed by atoms with Crippen molar-refractivity contribution in [2.45, 2.75) is 32.2 Å². The van der Waals surface area contributed by atoms with Crippen molar-refractivity contribution in [2.24, 2.45) is 11.8 Å². The van der Waals surface area contributed by atoms with Gasteiger partial charge in [0, 0.05) is 37.3 Å². The Morgan fingerprint density at radius 3 is 2.91 bits per heavy atom. The zero-order chi connectivity index (χ0) is 15.4. The number of rotatable bonds is 4. The standard InChI is InChI=1S/C18H27N3O/c1-14-11-16(7-9-19-14)18(22)20-12-15-8-10-21(13-15)17-5-3-2-4-6-17/h2-6,14-16,19H,7-13H2,1H3,(H,20,22)/t14-,15?,16-/m0/s1. The van der Waals surface area contributed by atoms with Crippen LogP contribution in [0.15, 0.2) is 30.3 Å². The SMILES string of the molecule is C[C@H]1C[C@@H](C(=O)NCC2CCN(c3ccccc3)C2)CCN1. The van der Waals surface area contributed by atoms with Crippen molar-refractivity contribution in [3.8, 4) is 0 Å². The van der Waals surface area contributed by atoms with Gasteiger partial charge in [0.05, 0.1) is 0 Å². The largest absolute Gasteiger partial charge is 0.371 e. The van der Waals surface area contributed by atoms with Crippen molar-refractivity contribution >= 4 is 11.6 Å². The Morgan fingerprint density at radius 1 is 1.32 bits per heavy atom. The Labute approximate surface area is 133 Å². The summed E-state index contributed by atoms with van der Waals surface area (Å²) in [6.45, 7) is 6.08. The molecule has 0 spiro atoms. The van der Waals surface area contributed by atoms with Crippen LogP contribution in [-0.2, 0) is 4.79 Å². The molecule has 0 aliphatic carbocycles. The lowest BCUT2D eigenvalue weighted by molar-refractivity contribution is -0.126. The van der Waals surface area contributed by atoms with Crippen molar-refractivity contribution in [3.63, 3.8) is 0 Å². The summed E-state index contributed by atoms with van der Waals surface area (Å²) in [5.41, 5.74) is 1.29. The molecular formula is C18H27N3O. The fourth-order valence-electron chi connectivity index (χ4n) is 3.63. The fraction of sp³-hybridized carbons (Fsp3) is 0.611. The zero-order valence-corrected chi connectivity index (χ0v) is 13.4. The zero-order valence-electron chi connectivity index (χ0n) is 13.4. The molecule has 2 aliphatic rings. The van der Waals surface area contributed by atoms with E-state index in [9.17, 15) is 4.79 Å². The first-order valence-corrected chi connectivity index (χ1v) is 8.53. The molecule has 3 atom stereocenters. The lowest BCUT2D eigenvalue weighted by Gasteiger charge is -2.27. The van der Waals surface area contributed by atoms with Crippen molar-refractivity contribution < 1.29 is 4.79 Å². The number of para-hydroxylation sites is 1. The molecule has 0 saturated carbocycles. The molecule has 0 bridgehead atoms. The molecule has 2 N–H and O–H groups in total. The van der Waals surface area contributed by atoms with Crippen molar-refractivity contribution in [1.82, 2.24) is 10.6 Å². The van der Waals surface area contributed by atoms with Gasteiger partial charge in [0.2, 0.25) is 5.91 Å². The van der Waals surface area contributed by atoms with Crippen LogP contribution in [0, 0.1) is 11.8 Å². The molecular weight excluding hydrogens is 274 g/mol. The molecule has 1 amide bonds. The number of benzene rings is 1. The van der Waals surface area contributed by atoms with E-state index in [0.717, 1.165) is 45.4 Å². The highest BCUT2D eigenvalue weighted by Gasteiger charge is 2.27. The summed E-state index contributed by atoms with van der Waals surface area (Å²) in [7, 11) is 0. The van der Waals surface area contributed by atoms with Gasteiger partial charge >= 0.3 is 0 Å². The van der Waals surface area contributed by atoms with Gasteiger partial charge in [-0.2, -0.15) is 0 Å². The first-order chi connectivity index (χ1) is 10.7. The maximum Gasteiger partial charge on any atom is 0.223 e. The number of anilines is 1. The van der Waals surface area contributed by atoms with Crippen LogP contribution >= 0.6 is 0 Å². The smallest absolute Gasteiger partial charge is 0.223 e. The van der Waals surface area contributed by atoms with Gasteiger partial charge in [-0.3, -0.25) is 4.79 Å². The molecule has 120 valence electrons. The van der Waals surface area contributed by atoms with E-state index in [-0.39, 0.29) is 11.8 Å². The molecule has 1 aromatic rings. The molecule has 2 aliphatic heterocycles. The van der Waals surface area contributed by atoms with Crippen LogP contribution in [0.1, 0.15) is 26.2 Å². The third kappa shape index (κ3) is 3.80. The van der Waals surface area contributed by atoms with Crippen LogP contribution in [-0.4, -0.2) is 38.1 Å². The van der Waals surface area contributed by atoms with Gasteiger partial charge in [-0.05, 0) is 50.8 Å². The van der Waals surface area contributed by atoms with Crippen molar-refractivity contribution in [2.75, 3.05) is 31.1 Å². The Balaban J connectivity index is 1.44. The van der Waals surface area contributed by atoms with Crippen molar-refractivity contribution in [3.05, 3.63) is 30.3 Å². The van der Waals surface area contributed by atoms with Gasteiger partial charge in [0.15, 0.2) is 0 Å². The van der Waals surface area contributed by atoms with E-state index in [2.05, 4.69) is 52.8 Å². The Bertz CT molecular complexity index is 490. The van der Waals surface area contributed by atoms with Crippen LogP contribution in [0.2, 0.25) is 0 Å². The molecule has 0 radical (unpaired) electrons. The van der Waals surface area contributed by atoms with E-state index < -0.39 is 0 Å². The predicted octanol–water partition coefficient (Wildman–Crippen LogP) is 2.02. The van der Waals surface area contributed by atoms with Gasteiger partial charge in [-0.15, -0.1) is 0 Å². The summed E-state index contributed by atoms with van der Waals surface area (Å²) in [4.78, 5) is 14.7. The van der Waals surface area contributed by atoms with Crippen LogP contribution in [0.5, 0.6) is 0 Å². The summed E-state index contributed by atoms with van der Waals surface area (Å²) >= 11 is 0. The number of carbonyl (C=O) groups is 1. The fourth-order valence-corrected chi connectivity index (χ4v) is 3.63. The van der Waals surface area contributed by atoms with Gasteiger partial charge in [0.25, 0.3) is 0 Å². The highest BCUT2D eigenvalue weighted by molar-refractivity contribution is 5.78. The van der Waals surface area contributed by atoms with E-state index >= 15 is 0 Å². The number of piperidine rings is 1. The number of amides is 1. The first-order valence-electron chi connectivity index (χ1n) is 8.53. The van der Waals surface area contributed by atoms with Crippen molar-refractivity contribution in [1.29, 1.82) is 0 Å². The molecule has 3 rings (SSSR count). The van der Waals surface area contributed by atoms with E-state index in [1.807, 2.05) is 0 Å². The summed E-state index contributed by atoms with van der Waals surface area (Å²) in [5.74, 6) is 1.03. The molecule has 22 heavy (non-hydrogen) atoms. The molecule has 4 nitrogen and oxygen atoms in total. The van der Waals surface area contributed by atoms with Crippen LogP contribution in [0.25, 0.3) is 0 Å². The second-order valence-electron chi connectivity index (χ2n) is 6.76. The third-order valence-electron chi connectivity index (χ3n) is 4.97. The number of carbonyl (C=O) groups excluding carboxylic acids is 1. The van der Waals surface area contributed by atoms with Crippen LogP contribution in [0.4, 0.5) is 5.69 Å². The summed E-state index contributed by atoms with van der Waals surface area (Å²) in [5, 5.41) is 6.59. The monoisotopic (exact) mass is 301 g/mol. The van der Waals surface area contributed by atoms with Gasteiger partial charge in [0.1, 0.15) is 0 Å². The highest BCUT2D eigenvalue weighted by Crippen LogP contribution is 2.23. The minimum absolute atomic E-state index is 0.197. The minimum atomic E-state index is 0.197. The Morgan fingerprint density at radius 2 is 2.14 bits per heavy atom. The lowest BCUT2D eigenvalue weighted by Crippen LogP contribution is -2.43. The molecule has 1 aromatic carbocycles. The van der Waals surface area contributed by atoms with E-state index in [4.69, 9.17) is 0 Å². The average Bonchev–Trinajstić information content (AvgIpc) is 3.02.